The Morgan fingerprint density at radius 2 is 2.08 bits per heavy atom. The third-order valence-corrected chi connectivity index (χ3v) is 5.26. The standard InChI is InChI=1S/C20H24N4O2/c1-13(2)22-20(26)23-10-14-8-16(12-23)19-17(15-4-3-7-21-9-15)5-6-18(25)24(19)11-14/h3-7,9,13-14,16H,8,10-12H2,1-2H3,(H,22,26)/t14-,16+/m0/s1. The Bertz CT molecular complexity index is 875. The van der Waals surface area contributed by atoms with Crippen LogP contribution in [-0.4, -0.2) is 39.6 Å². The molecule has 2 atom stereocenters. The minimum absolute atomic E-state index is 0.00986. The van der Waals surface area contributed by atoms with Crippen molar-refractivity contribution in [2.24, 2.45) is 5.92 Å². The molecule has 136 valence electrons. The Morgan fingerprint density at radius 1 is 1.23 bits per heavy atom. The van der Waals surface area contributed by atoms with Crippen LogP contribution in [-0.2, 0) is 6.54 Å². The van der Waals surface area contributed by atoms with E-state index in [4.69, 9.17) is 0 Å². The van der Waals surface area contributed by atoms with E-state index >= 15 is 0 Å². The highest BCUT2D eigenvalue weighted by molar-refractivity contribution is 5.75. The first-order valence-corrected chi connectivity index (χ1v) is 9.22. The summed E-state index contributed by atoms with van der Waals surface area (Å²) in [5.41, 5.74) is 3.15. The lowest BCUT2D eigenvalue weighted by atomic mass is 9.81. The van der Waals surface area contributed by atoms with Crippen LogP contribution < -0.4 is 10.9 Å². The molecule has 1 N–H and O–H groups in total. The molecule has 0 saturated carbocycles. The predicted octanol–water partition coefficient (Wildman–Crippen LogP) is 2.45. The molecule has 4 heterocycles. The number of fused-ring (bicyclic) bond motifs is 4. The number of urea groups is 1. The van der Waals surface area contributed by atoms with Crippen molar-refractivity contribution in [3.63, 3.8) is 0 Å². The minimum atomic E-state index is -0.00986. The second kappa shape index (κ2) is 6.59. The zero-order chi connectivity index (χ0) is 18.3. The average molecular weight is 352 g/mol. The van der Waals surface area contributed by atoms with Gasteiger partial charge in [0.25, 0.3) is 5.56 Å². The van der Waals surface area contributed by atoms with Crippen LogP contribution in [0.3, 0.4) is 0 Å². The molecule has 2 amide bonds. The highest BCUT2D eigenvalue weighted by atomic mass is 16.2. The van der Waals surface area contributed by atoms with Crippen molar-refractivity contribution in [3.05, 3.63) is 52.7 Å². The van der Waals surface area contributed by atoms with Crippen LogP contribution in [0.4, 0.5) is 4.79 Å². The van der Waals surface area contributed by atoms with Crippen molar-refractivity contribution in [3.8, 4) is 11.1 Å². The quantitative estimate of drug-likeness (QED) is 0.903. The van der Waals surface area contributed by atoms with Gasteiger partial charge in [0.15, 0.2) is 0 Å². The number of carbonyl (C=O) groups is 1. The van der Waals surface area contributed by atoms with Gasteiger partial charge in [-0.25, -0.2) is 4.79 Å². The Morgan fingerprint density at radius 3 is 2.81 bits per heavy atom. The fourth-order valence-corrected chi connectivity index (χ4v) is 4.29. The molecule has 0 spiro atoms. The van der Waals surface area contributed by atoms with Crippen molar-refractivity contribution < 1.29 is 4.79 Å². The van der Waals surface area contributed by atoms with Gasteiger partial charge in [-0.05, 0) is 38.3 Å². The SMILES string of the molecule is CC(C)NC(=O)N1C[C@@H]2C[C@H](C1)c1c(-c3cccnc3)ccc(=O)n1C2. The second-order valence-corrected chi connectivity index (χ2v) is 7.63. The van der Waals surface area contributed by atoms with Crippen LogP contribution in [0.2, 0.25) is 0 Å². The molecule has 4 rings (SSSR count). The molecule has 1 fully saturated rings. The van der Waals surface area contributed by atoms with E-state index in [1.54, 1.807) is 12.3 Å². The third-order valence-electron chi connectivity index (χ3n) is 5.26. The molecule has 1 saturated heterocycles. The fraction of sp³-hybridized carbons (Fsp3) is 0.450. The van der Waals surface area contributed by atoms with Crippen molar-refractivity contribution in [2.75, 3.05) is 13.1 Å². The van der Waals surface area contributed by atoms with Crippen LogP contribution in [0, 0.1) is 5.92 Å². The predicted molar refractivity (Wildman–Crippen MR) is 100 cm³/mol. The van der Waals surface area contributed by atoms with E-state index in [-0.39, 0.29) is 23.6 Å². The van der Waals surface area contributed by atoms with Crippen molar-refractivity contribution in [1.29, 1.82) is 0 Å². The summed E-state index contributed by atoms with van der Waals surface area (Å²) >= 11 is 0. The molecule has 2 aromatic rings. The molecule has 26 heavy (non-hydrogen) atoms. The smallest absolute Gasteiger partial charge is 0.317 e. The average Bonchev–Trinajstić information content (AvgIpc) is 2.62. The van der Waals surface area contributed by atoms with Crippen LogP contribution in [0.15, 0.2) is 41.5 Å². The van der Waals surface area contributed by atoms with Gasteiger partial charge in [-0.1, -0.05) is 6.07 Å². The Kier molecular flexibility index (Phi) is 4.26. The van der Waals surface area contributed by atoms with Crippen molar-refractivity contribution in [1.82, 2.24) is 19.8 Å². The van der Waals surface area contributed by atoms with Gasteiger partial charge in [0.05, 0.1) is 0 Å². The normalized spacial score (nSPS) is 21.4. The Balaban J connectivity index is 1.73. The summed E-state index contributed by atoms with van der Waals surface area (Å²) in [6, 6.07) is 7.59. The van der Waals surface area contributed by atoms with Gasteiger partial charge in [0.2, 0.25) is 0 Å². The first-order valence-electron chi connectivity index (χ1n) is 9.22. The number of piperidine rings is 1. The van der Waals surface area contributed by atoms with Gasteiger partial charge in [-0.15, -0.1) is 0 Å². The van der Waals surface area contributed by atoms with E-state index in [1.807, 2.05) is 47.7 Å². The maximum Gasteiger partial charge on any atom is 0.317 e. The van der Waals surface area contributed by atoms with Crippen LogP contribution in [0.25, 0.3) is 11.1 Å². The summed E-state index contributed by atoms with van der Waals surface area (Å²) in [7, 11) is 0. The van der Waals surface area contributed by atoms with E-state index in [0.717, 1.165) is 23.2 Å². The lowest BCUT2D eigenvalue weighted by Crippen LogP contribution is -2.53. The molecule has 0 aliphatic carbocycles. The minimum Gasteiger partial charge on any atom is -0.336 e. The molecule has 2 aromatic heterocycles. The zero-order valence-electron chi connectivity index (χ0n) is 15.2. The topological polar surface area (TPSA) is 67.2 Å². The van der Waals surface area contributed by atoms with Crippen LogP contribution >= 0.6 is 0 Å². The molecule has 2 aliphatic rings. The lowest BCUT2D eigenvalue weighted by Gasteiger charge is -2.43. The number of likely N-dealkylation sites (tertiary alicyclic amines) is 1. The summed E-state index contributed by atoms with van der Waals surface area (Å²) in [5, 5.41) is 2.99. The molecule has 2 bridgehead atoms. The van der Waals surface area contributed by atoms with Gasteiger partial charge in [-0.2, -0.15) is 0 Å². The van der Waals surface area contributed by atoms with Gasteiger partial charge in [0.1, 0.15) is 0 Å². The molecular formula is C20H24N4O2. The molecular weight excluding hydrogens is 328 g/mol. The highest BCUT2D eigenvalue weighted by Crippen LogP contribution is 2.39. The number of pyridine rings is 2. The monoisotopic (exact) mass is 352 g/mol. The summed E-state index contributed by atoms with van der Waals surface area (Å²) in [6.07, 6.45) is 4.60. The number of nitrogens with one attached hydrogen (secondary N) is 1. The third kappa shape index (κ3) is 3.00. The number of carbonyl (C=O) groups excluding carboxylic acids is 1. The largest absolute Gasteiger partial charge is 0.336 e. The van der Waals surface area contributed by atoms with Gasteiger partial charge < -0.3 is 14.8 Å². The number of hydrogen-bond donors (Lipinski definition) is 1. The molecule has 6 heteroatoms. The second-order valence-electron chi connectivity index (χ2n) is 7.63. The molecule has 0 unspecified atom stereocenters. The molecule has 0 aromatic carbocycles. The van der Waals surface area contributed by atoms with E-state index in [1.165, 1.54) is 0 Å². The van der Waals surface area contributed by atoms with Crippen molar-refractivity contribution >= 4 is 6.03 Å². The van der Waals surface area contributed by atoms with Crippen molar-refractivity contribution in [2.45, 2.75) is 38.8 Å². The number of aromatic nitrogens is 2. The fourth-order valence-electron chi connectivity index (χ4n) is 4.29. The van der Waals surface area contributed by atoms with E-state index in [2.05, 4.69) is 10.3 Å². The molecule has 2 aliphatic heterocycles. The first-order chi connectivity index (χ1) is 12.5. The van der Waals surface area contributed by atoms with E-state index in [0.29, 0.717) is 25.6 Å². The maximum atomic E-state index is 12.5. The van der Waals surface area contributed by atoms with Gasteiger partial charge in [-0.3, -0.25) is 9.78 Å². The number of rotatable bonds is 2. The summed E-state index contributed by atoms with van der Waals surface area (Å²) < 4.78 is 1.92. The van der Waals surface area contributed by atoms with E-state index < -0.39 is 0 Å². The summed E-state index contributed by atoms with van der Waals surface area (Å²) in [5.74, 6) is 0.491. The summed E-state index contributed by atoms with van der Waals surface area (Å²) in [6.45, 7) is 5.96. The number of amides is 2. The number of nitrogens with zero attached hydrogens (tertiary/aromatic N) is 3. The Labute approximate surface area is 152 Å². The van der Waals surface area contributed by atoms with Crippen LogP contribution in [0.5, 0.6) is 0 Å². The highest BCUT2D eigenvalue weighted by Gasteiger charge is 2.37. The lowest BCUT2D eigenvalue weighted by molar-refractivity contribution is 0.130. The summed E-state index contributed by atoms with van der Waals surface area (Å²) in [4.78, 5) is 31.1. The number of hydrogen-bond acceptors (Lipinski definition) is 3. The maximum absolute atomic E-state index is 12.5. The molecule has 6 nitrogen and oxygen atoms in total. The zero-order valence-corrected chi connectivity index (χ0v) is 15.2. The van der Waals surface area contributed by atoms with E-state index in [9.17, 15) is 9.59 Å². The van der Waals surface area contributed by atoms with Gasteiger partial charge in [0, 0.05) is 66.9 Å². The Hall–Kier alpha value is -2.63. The molecule has 0 radical (unpaired) electrons. The van der Waals surface area contributed by atoms with Gasteiger partial charge >= 0.3 is 6.03 Å². The first kappa shape index (κ1) is 16.8. The van der Waals surface area contributed by atoms with Crippen LogP contribution in [0.1, 0.15) is 31.9 Å².